The largest absolute Gasteiger partial charge is 0.271 e. The van der Waals surface area contributed by atoms with Crippen molar-refractivity contribution in [3.8, 4) is 0 Å². The van der Waals surface area contributed by atoms with Gasteiger partial charge in [0.2, 0.25) is 0 Å². The van der Waals surface area contributed by atoms with E-state index in [2.05, 4.69) is 48.2 Å². The molecule has 1 heterocycles. The van der Waals surface area contributed by atoms with Gasteiger partial charge in [-0.1, -0.05) is 13.8 Å². The number of nitrogens with one attached hydrogen (secondary N) is 1. The lowest BCUT2D eigenvalue weighted by Crippen LogP contribution is -2.34. The second kappa shape index (κ2) is 5.88. The molecule has 3 N–H and O–H groups in total. The van der Waals surface area contributed by atoms with Crippen molar-refractivity contribution in [1.82, 2.24) is 15.2 Å². The zero-order chi connectivity index (χ0) is 11.3. The summed E-state index contributed by atoms with van der Waals surface area (Å²) in [6.07, 6.45) is 5.20. The van der Waals surface area contributed by atoms with Gasteiger partial charge in [-0.05, 0) is 25.8 Å². The fraction of sp³-hybridized carbons (Fsp3) is 0.727. The van der Waals surface area contributed by atoms with Gasteiger partial charge < -0.3 is 0 Å². The van der Waals surface area contributed by atoms with Crippen molar-refractivity contribution in [2.24, 2.45) is 5.84 Å². The molecule has 0 radical (unpaired) electrons. The highest BCUT2D eigenvalue weighted by Gasteiger charge is 2.09. The number of hydrazine groups is 1. The molecule has 0 amide bonds. The van der Waals surface area contributed by atoms with Crippen LogP contribution in [-0.2, 0) is 6.42 Å². The third-order valence-corrected chi connectivity index (χ3v) is 2.78. The Morgan fingerprint density at radius 2 is 2.13 bits per heavy atom. The smallest absolute Gasteiger partial charge is 0.0640 e. The Morgan fingerprint density at radius 3 is 2.67 bits per heavy atom. The first-order valence-electron chi connectivity index (χ1n) is 5.71. The molecule has 1 unspecified atom stereocenters. The first-order chi connectivity index (χ1) is 7.21. The van der Waals surface area contributed by atoms with E-state index in [0.717, 1.165) is 25.0 Å². The van der Waals surface area contributed by atoms with E-state index in [1.807, 2.05) is 0 Å². The Morgan fingerprint density at radius 1 is 1.47 bits per heavy atom. The van der Waals surface area contributed by atoms with Gasteiger partial charge in [-0.2, -0.15) is 5.10 Å². The van der Waals surface area contributed by atoms with Gasteiger partial charge in [-0.15, -0.1) is 0 Å². The molecule has 15 heavy (non-hydrogen) atoms. The van der Waals surface area contributed by atoms with Crippen molar-refractivity contribution < 1.29 is 0 Å². The Kier molecular flexibility index (Phi) is 4.78. The molecule has 86 valence electrons. The monoisotopic (exact) mass is 210 g/mol. The van der Waals surface area contributed by atoms with Crippen molar-refractivity contribution in [2.45, 2.75) is 52.1 Å². The predicted octanol–water partition coefficient (Wildman–Crippen LogP) is 1.64. The third kappa shape index (κ3) is 3.32. The van der Waals surface area contributed by atoms with Crippen LogP contribution in [0.25, 0.3) is 0 Å². The molecule has 1 rings (SSSR count). The molecule has 0 aliphatic heterocycles. The molecule has 0 fully saturated rings. The van der Waals surface area contributed by atoms with Crippen LogP contribution in [0.15, 0.2) is 12.3 Å². The van der Waals surface area contributed by atoms with Gasteiger partial charge in [0, 0.05) is 18.7 Å². The number of nitrogens with zero attached hydrogens (tertiary/aromatic N) is 2. The lowest BCUT2D eigenvalue weighted by molar-refractivity contribution is 0.423. The molecular formula is C11H22N4. The molecule has 4 heteroatoms. The van der Waals surface area contributed by atoms with Crippen LogP contribution >= 0.6 is 0 Å². The molecule has 1 aromatic heterocycles. The van der Waals surface area contributed by atoms with E-state index in [9.17, 15) is 0 Å². The molecule has 0 saturated carbocycles. The van der Waals surface area contributed by atoms with Crippen molar-refractivity contribution in [2.75, 3.05) is 0 Å². The second-order valence-electron chi connectivity index (χ2n) is 4.03. The Balaban J connectivity index is 2.63. The molecule has 0 aromatic carbocycles. The van der Waals surface area contributed by atoms with Crippen LogP contribution in [0.4, 0.5) is 0 Å². The number of aromatic nitrogens is 2. The van der Waals surface area contributed by atoms with Crippen LogP contribution in [0.3, 0.4) is 0 Å². The van der Waals surface area contributed by atoms with Crippen molar-refractivity contribution in [3.05, 3.63) is 18.0 Å². The number of hydrogen-bond donors (Lipinski definition) is 2. The lowest BCUT2D eigenvalue weighted by atomic mass is 10.2. The van der Waals surface area contributed by atoms with Crippen molar-refractivity contribution >= 4 is 0 Å². The highest BCUT2D eigenvalue weighted by atomic mass is 15.3. The van der Waals surface area contributed by atoms with Crippen molar-refractivity contribution in [1.29, 1.82) is 0 Å². The summed E-state index contributed by atoms with van der Waals surface area (Å²) in [5.74, 6) is 5.35. The highest BCUT2D eigenvalue weighted by Crippen LogP contribution is 2.14. The minimum absolute atomic E-state index is 0.273. The Labute approximate surface area is 91.8 Å². The van der Waals surface area contributed by atoms with Gasteiger partial charge in [-0.25, -0.2) is 0 Å². The van der Waals surface area contributed by atoms with Gasteiger partial charge in [0.05, 0.1) is 11.7 Å². The molecule has 4 nitrogen and oxygen atoms in total. The Bertz CT molecular complexity index is 278. The second-order valence-corrected chi connectivity index (χ2v) is 4.03. The molecule has 0 bridgehead atoms. The average Bonchev–Trinajstić information content (AvgIpc) is 2.68. The molecule has 1 aromatic rings. The normalized spacial score (nSPS) is 13.4. The SMILES string of the molecule is CCC(CC)n1ccc(CC(C)NN)n1. The number of rotatable bonds is 6. The average molecular weight is 210 g/mol. The molecule has 0 aliphatic rings. The van der Waals surface area contributed by atoms with Gasteiger partial charge in [-0.3, -0.25) is 16.0 Å². The van der Waals surface area contributed by atoms with E-state index in [-0.39, 0.29) is 6.04 Å². The zero-order valence-corrected chi connectivity index (χ0v) is 9.90. The van der Waals surface area contributed by atoms with Gasteiger partial charge in [0.15, 0.2) is 0 Å². The fourth-order valence-corrected chi connectivity index (χ4v) is 1.73. The van der Waals surface area contributed by atoms with Crippen LogP contribution in [0, 0.1) is 0 Å². The van der Waals surface area contributed by atoms with Crippen LogP contribution < -0.4 is 11.3 Å². The first-order valence-corrected chi connectivity index (χ1v) is 5.71. The quantitative estimate of drug-likeness (QED) is 0.554. The van der Waals surface area contributed by atoms with E-state index in [1.54, 1.807) is 0 Å². The van der Waals surface area contributed by atoms with Gasteiger partial charge in [0.1, 0.15) is 0 Å². The molecule has 0 spiro atoms. The number of nitrogens with two attached hydrogens (primary N) is 1. The standard InChI is InChI=1S/C11H22N4/c1-4-11(5-2)15-7-6-10(14-15)8-9(3)13-12/h6-7,9,11,13H,4-5,8,12H2,1-3H3. The summed E-state index contributed by atoms with van der Waals surface area (Å²) < 4.78 is 2.07. The minimum Gasteiger partial charge on any atom is -0.271 e. The van der Waals surface area contributed by atoms with E-state index < -0.39 is 0 Å². The van der Waals surface area contributed by atoms with Crippen LogP contribution in [0.2, 0.25) is 0 Å². The molecule has 0 saturated heterocycles. The van der Waals surface area contributed by atoms with Gasteiger partial charge in [0.25, 0.3) is 0 Å². The highest BCUT2D eigenvalue weighted by molar-refractivity contribution is 5.01. The summed E-state index contributed by atoms with van der Waals surface area (Å²) in [5.41, 5.74) is 3.83. The summed E-state index contributed by atoms with van der Waals surface area (Å²) in [4.78, 5) is 0. The van der Waals surface area contributed by atoms with E-state index >= 15 is 0 Å². The predicted molar refractivity (Wildman–Crippen MR) is 62.3 cm³/mol. The molecular weight excluding hydrogens is 188 g/mol. The van der Waals surface area contributed by atoms with Crippen LogP contribution in [-0.4, -0.2) is 15.8 Å². The third-order valence-electron chi connectivity index (χ3n) is 2.78. The first kappa shape index (κ1) is 12.2. The zero-order valence-electron chi connectivity index (χ0n) is 9.90. The number of hydrogen-bond acceptors (Lipinski definition) is 3. The summed E-state index contributed by atoms with van der Waals surface area (Å²) in [7, 11) is 0. The summed E-state index contributed by atoms with van der Waals surface area (Å²) in [6.45, 7) is 6.44. The summed E-state index contributed by atoms with van der Waals surface area (Å²) >= 11 is 0. The summed E-state index contributed by atoms with van der Waals surface area (Å²) in [6, 6.07) is 2.88. The lowest BCUT2D eigenvalue weighted by Gasteiger charge is -2.12. The van der Waals surface area contributed by atoms with Crippen LogP contribution in [0.1, 0.15) is 45.3 Å². The molecule has 1 atom stereocenters. The summed E-state index contributed by atoms with van der Waals surface area (Å²) in [5, 5.41) is 4.56. The topological polar surface area (TPSA) is 55.9 Å². The van der Waals surface area contributed by atoms with E-state index in [0.29, 0.717) is 6.04 Å². The fourth-order valence-electron chi connectivity index (χ4n) is 1.73. The van der Waals surface area contributed by atoms with E-state index in [4.69, 9.17) is 5.84 Å². The van der Waals surface area contributed by atoms with Gasteiger partial charge >= 0.3 is 0 Å². The molecule has 0 aliphatic carbocycles. The Hall–Kier alpha value is -0.870. The maximum Gasteiger partial charge on any atom is 0.0640 e. The minimum atomic E-state index is 0.273. The maximum absolute atomic E-state index is 5.35. The maximum atomic E-state index is 5.35. The van der Waals surface area contributed by atoms with E-state index in [1.165, 1.54) is 0 Å². The van der Waals surface area contributed by atoms with Crippen molar-refractivity contribution in [3.63, 3.8) is 0 Å². The van der Waals surface area contributed by atoms with Crippen LogP contribution in [0.5, 0.6) is 0 Å².